The van der Waals surface area contributed by atoms with Gasteiger partial charge in [0, 0.05) is 6.92 Å². The summed E-state index contributed by atoms with van der Waals surface area (Å²) in [5.41, 5.74) is 3.49. The molecule has 6 heavy (non-hydrogen) atoms. The average Bonchev–Trinajstić information content (AvgIpc) is 1.36. The molecule has 2 heteroatoms. The van der Waals surface area contributed by atoms with Crippen molar-refractivity contribution in [3.05, 3.63) is 0 Å². The highest BCUT2D eigenvalue weighted by atomic mass is 16.1. The number of rotatable bonds is 1. The summed E-state index contributed by atoms with van der Waals surface area (Å²) in [4.78, 5) is 10.1. The van der Waals surface area contributed by atoms with Gasteiger partial charge < -0.3 is 5.73 Å². The molecule has 0 saturated heterocycles. The van der Waals surface area contributed by atoms with Crippen LogP contribution in [-0.2, 0) is 4.79 Å². The molecule has 1 atom stereocenters. The lowest BCUT2D eigenvalue weighted by Gasteiger charge is -1.87. The Morgan fingerprint density at radius 3 is 2.00 bits per heavy atom. The van der Waals surface area contributed by atoms with Crippen molar-refractivity contribution < 1.29 is 10.5 Å². The standard InChI is InChI=1S/C4H9NO/c1-3(5)4(2)6/h3H,5H2,1-2H3/p+1. The Balaban J connectivity index is 3.26. The molecule has 0 rings (SSSR count). The van der Waals surface area contributed by atoms with Crippen LogP contribution < -0.4 is 5.73 Å². The van der Waals surface area contributed by atoms with Gasteiger partial charge in [0.05, 0.1) is 0 Å². The van der Waals surface area contributed by atoms with E-state index in [2.05, 4.69) is 5.73 Å². The van der Waals surface area contributed by atoms with Crippen LogP contribution in [0.5, 0.6) is 0 Å². The minimum absolute atomic E-state index is 0.0370. The fourth-order valence-corrected chi connectivity index (χ4v) is 0. The Hall–Kier alpha value is -0.370. The molecule has 0 aliphatic rings. The Bertz CT molecular complexity index is 58.6. The molecule has 0 aliphatic heterocycles. The van der Waals surface area contributed by atoms with Crippen LogP contribution in [0.3, 0.4) is 0 Å². The average molecular weight is 88.1 g/mol. The van der Waals surface area contributed by atoms with Crippen LogP contribution in [-0.4, -0.2) is 11.8 Å². The van der Waals surface area contributed by atoms with Gasteiger partial charge in [0.2, 0.25) is 0 Å². The van der Waals surface area contributed by atoms with Crippen molar-refractivity contribution in [2.75, 3.05) is 0 Å². The Morgan fingerprint density at radius 2 is 2.00 bits per heavy atom. The van der Waals surface area contributed by atoms with Crippen LogP contribution >= 0.6 is 0 Å². The molecule has 0 bridgehead atoms. The predicted molar refractivity (Wildman–Crippen MR) is 23.0 cm³/mol. The molecule has 0 aromatic rings. The molecule has 36 valence electrons. The lowest BCUT2D eigenvalue weighted by molar-refractivity contribution is -0.397. The fourth-order valence-electron chi connectivity index (χ4n) is 0. The van der Waals surface area contributed by atoms with E-state index in [9.17, 15) is 4.79 Å². The van der Waals surface area contributed by atoms with Crippen LogP contribution in [0, 0.1) is 0 Å². The summed E-state index contributed by atoms with van der Waals surface area (Å²) in [6, 6.07) is -0.0370. The third-order valence-corrected chi connectivity index (χ3v) is 0.694. The molecule has 0 heterocycles. The van der Waals surface area contributed by atoms with E-state index in [-0.39, 0.29) is 11.8 Å². The minimum atomic E-state index is -0.0370. The smallest absolute Gasteiger partial charge is 0.186 e. The summed E-state index contributed by atoms with van der Waals surface area (Å²) in [6.07, 6.45) is 0. The van der Waals surface area contributed by atoms with Crippen molar-refractivity contribution in [2.45, 2.75) is 19.9 Å². The van der Waals surface area contributed by atoms with Crippen molar-refractivity contribution in [3.8, 4) is 0 Å². The van der Waals surface area contributed by atoms with E-state index in [0.717, 1.165) is 0 Å². The van der Waals surface area contributed by atoms with E-state index < -0.39 is 0 Å². The Labute approximate surface area is 37.3 Å². The van der Waals surface area contributed by atoms with E-state index in [1.165, 1.54) is 6.92 Å². The number of carbonyl (C=O) groups excluding carboxylic acids is 1. The highest BCUT2D eigenvalue weighted by molar-refractivity contribution is 5.79. The van der Waals surface area contributed by atoms with Gasteiger partial charge in [-0.25, -0.2) is 0 Å². The number of Topliss-reactive ketones (excluding diaryl/α,β-unsaturated/α-hetero) is 1. The summed E-state index contributed by atoms with van der Waals surface area (Å²) < 4.78 is 0. The van der Waals surface area contributed by atoms with E-state index in [0.29, 0.717) is 0 Å². The second-order valence-electron chi connectivity index (χ2n) is 1.51. The first kappa shape index (κ1) is 5.63. The van der Waals surface area contributed by atoms with E-state index in [4.69, 9.17) is 0 Å². The molecular formula is C4H10NO+. The molecule has 0 aliphatic carbocycles. The second-order valence-corrected chi connectivity index (χ2v) is 1.51. The lowest BCUT2D eigenvalue weighted by atomic mass is 10.3. The molecule has 0 radical (unpaired) electrons. The van der Waals surface area contributed by atoms with Crippen LogP contribution in [0.1, 0.15) is 13.8 Å². The zero-order valence-electron chi connectivity index (χ0n) is 4.19. The molecular weight excluding hydrogens is 78.0 g/mol. The lowest BCUT2D eigenvalue weighted by Crippen LogP contribution is -2.62. The van der Waals surface area contributed by atoms with Crippen LogP contribution in [0.25, 0.3) is 0 Å². The number of hydrogen-bond acceptors (Lipinski definition) is 1. The van der Waals surface area contributed by atoms with Crippen molar-refractivity contribution >= 4 is 5.78 Å². The third-order valence-electron chi connectivity index (χ3n) is 0.694. The van der Waals surface area contributed by atoms with Gasteiger partial charge in [-0.05, 0) is 6.92 Å². The molecule has 0 amide bonds. The highest BCUT2D eigenvalue weighted by Gasteiger charge is 1.99. The first-order valence-corrected chi connectivity index (χ1v) is 1.98. The van der Waals surface area contributed by atoms with Gasteiger partial charge in [-0.15, -0.1) is 0 Å². The highest BCUT2D eigenvalue weighted by Crippen LogP contribution is 1.68. The van der Waals surface area contributed by atoms with Crippen LogP contribution in [0.15, 0.2) is 0 Å². The zero-order valence-corrected chi connectivity index (χ0v) is 4.19. The summed E-state index contributed by atoms with van der Waals surface area (Å²) in [5.74, 6) is 0.148. The molecule has 0 fully saturated rings. The normalized spacial score (nSPS) is 13.8. The molecule has 0 saturated carbocycles. The Kier molecular flexibility index (Phi) is 1.81. The number of hydrogen-bond donors (Lipinski definition) is 1. The summed E-state index contributed by atoms with van der Waals surface area (Å²) in [5, 5.41) is 0. The van der Waals surface area contributed by atoms with E-state index >= 15 is 0 Å². The largest absolute Gasteiger partial charge is 0.349 e. The molecule has 1 unspecified atom stereocenters. The number of ketones is 1. The summed E-state index contributed by atoms with van der Waals surface area (Å²) in [7, 11) is 0. The Morgan fingerprint density at radius 1 is 1.83 bits per heavy atom. The maximum Gasteiger partial charge on any atom is 0.186 e. The van der Waals surface area contributed by atoms with Crippen molar-refractivity contribution in [2.24, 2.45) is 0 Å². The SMILES string of the molecule is CC(=O)C(C)[NH3+]. The third kappa shape index (κ3) is 1.91. The topological polar surface area (TPSA) is 44.7 Å². The van der Waals surface area contributed by atoms with Crippen molar-refractivity contribution in [1.29, 1.82) is 0 Å². The first-order valence-electron chi connectivity index (χ1n) is 1.98. The van der Waals surface area contributed by atoms with Gasteiger partial charge in [0.25, 0.3) is 0 Å². The van der Waals surface area contributed by atoms with Crippen LogP contribution in [0.4, 0.5) is 0 Å². The first-order chi connectivity index (χ1) is 2.64. The maximum atomic E-state index is 10.1. The molecule has 2 nitrogen and oxygen atoms in total. The van der Waals surface area contributed by atoms with E-state index in [1.54, 1.807) is 6.92 Å². The van der Waals surface area contributed by atoms with Crippen molar-refractivity contribution in [3.63, 3.8) is 0 Å². The monoisotopic (exact) mass is 88.1 g/mol. The van der Waals surface area contributed by atoms with Gasteiger partial charge >= 0.3 is 0 Å². The van der Waals surface area contributed by atoms with Crippen LogP contribution in [0.2, 0.25) is 0 Å². The fraction of sp³-hybridized carbons (Fsp3) is 0.750. The quantitative estimate of drug-likeness (QED) is 0.448. The molecule has 0 aromatic carbocycles. The summed E-state index contributed by atoms with van der Waals surface area (Å²) in [6.45, 7) is 3.32. The van der Waals surface area contributed by atoms with Gasteiger partial charge in [-0.1, -0.05) is 0 Å². The maximum absolute atomic E-state index is 10.1. The zero-order chi connectivity index (χ0) is 5.15. The molecule has 0 aromatic heterocycles. The van der Waals surface area contributed by atoms with Gasteiger partial charge in [0.15, 0.2) is 5.78 Å². The van der Waals surface area contributed by atoms with Crippen molar-refractivity contribution in [1.82, 2.24) is 0 Å². The minimum Gasteiger partial charge on any atom is -0.349 e. The van der Waals surface area contributed by atoms with E-state index in [1.807, 2.05) is 0 Å². The molecule has 0 spiro atoms. The molecule has 3 N–H and O–H groups in total. The number of carbonyl (C=O) groups is 1. The van der Waals surface area contributed by atoms with Gasteiger partial charge in [-0.3, -0.25) is 4.79 Å². The second kappa shape index (κ2) is 1.92. The van der Waals surface area contributed by atoms with Gasteiger partial charge in [-0.2, -0.15) is 0 Å². The predicted octanol–water partition coefficient (Wildman–Crippen LogP) is -0.794. The van der Waals surface area contributed by atoms with Gasteiger partial charge in [0.1, 0.15) is 6.04 Å². The number of quaternary nitrogens is 1. The summed E-state index contributed by atoms with van der Waals surface area (Å²) >= 11 is 0.